The van der Waals surface area contributed by atoms with Gasteiger partial charge in [0.1, 0.15) is 11.5 Å². The normalized spacial score (nSPS) is 26.9. The second-order valence-electron chi connectivity index (χ2n) is 5.57. The fourth-order valence-corrected chi connectivity index (χ4v) is 3.53. The molecule has 2 N–H and O–H groups in total. The van der Waals surface area contributed by atoms with Gasteiger partial charge in [0.05, 0.1) is 18.6 Å². The Labute approximate surface area is 121 Å². The molecule has 3 atom stereocenters. The van der Waals surface area contributed by atoms with Crippen LogP contribution in [0.4, 0.5) is 0 Å². The third-order valence-electron chi connectivity index (χ3n) is 4.52. The summed E-state index contributed by atoms with van der Waals surface area (Å²) < 4.78 is 5.00. The zero-order valence-electron chi connectivity index (χ0n) is 11.7. The van der Waals surface area contributed by atoms with Gasteiger partial charge in [-0.05, 0) is 31.4 Å². The second kappa shape index (κ2) is 4.95. The molecule has 21 heavy (non-hydrogen) atoms. The van der Waals surface area contributed by atoms with Crippen molar-refractivity contribution in [3.63, 3.8) is 0 Å². The first-order chi connectivity index (χ1) is 10.0. The predicted octanol–water partition coefficient (Wildman–Crippen LogP) is 1.48. The third kappa shape index (κ3) is 2.11. The van der Waals surface area contributed by atoms with E-state index in [0.717, 1.165) is 6.42 Å². The van der Waals surface area contributed by atoms with E-state index in [0.29, 0.717) is 18.6 Å². The Balaban J connectivity index is 1.88. The molecule has 2 aliphatic rings. The molecule has 2 fully saturated rings. The summed E-state index contributed by atoms with van der Waals surface area (Å²) >= 11 is 0. The number of hydrogen-bond acceptors (Lipinski definition) is 4. The predicted molar refractivity (Wildman–Crippen MR) is 73.4 cm³/mol. The minimum absolute atomic E-state index is 0.0369. The van der Waals surface area contributed by atoms with E-state index in [1.54, 1.807) is 11.0 Å². The molecule has 3 rings (SSSR count). The summed E-state index contributed by atoms with van der Waals surface area (Å²) in [6, 6.07) is 4.22. The summed E-state index contributed by atoms with van der Waals surface area (Å²) in [7, 11) is 1.48. The third-order valence-corrected chi connectivity index (χ3v) is 4.52. The van der Waals surface area contributed by atoms with E-state index in [9.17, 15) is 19.8 Å². The molecule has 2 aliphatic heterocycles. The lowest BCUT2D eigenvalue weighted by Gasteiger charge is -2.23. The van der Waals surface area contributed by atoms with Crippen molar-refractivity contribution in [1.82, 2.24) is 4.90 Å². The molecule has 2 bridgehead atoms. The van der Waals surface area contributed by atoms with Gasteiger partial charge >= 0.3 is 5.97 Å². The number of ether oxygens (including phenoxy) is 1. The van der Waals surface area contributed by atoms with Crippen molar-refractivity contribution in [1.29, 1.82) is 0 Å². The highest BCUT2D eigenvalue weighted by molar-refractivity contribution is 5.98. The highest BCUT2D eigenvalue weighted by Crippen LogP contribution is 2.43. The maximum atomic E-state index is 12.6. The van der Waals surface area contributed by atoms with Crippen molar-refractivity contribution in [2.45, 2.75) is 31.3 Å². The number of carbonyl (C=O) groups excluding carboxylic acids is 1. The number of nitrogens with zero attached hydrogens (tertiary/aromatic N) is 1. The average Bonchev–Trinajstić information content (AvgIpc) is 3.04. The highest BCUT2D eigenvalue weighted by atomic mass is 16.5. The number of methoxy groups -OCH3 is 1. The summed E-state index contributed by atoms with van der Waals surface area (Å²) in [6.07, 6.45) is 2.05. The topological polar surface area (TPSA) is 87.1 Å². The molecular weight excluding hydrogens is 274 g/mol. The van der Waals surface area contributed by atoms with Gasteiger partial charge in [-0.1, -0.05) is 0 Å². The SMILES string of the molecule is COc1ccc(C(=O)N2C3CCC2C(C(=O)O)C3)c(O)c1. The Hall–Kier alpha value is -2.24. The standard InChI is InChI=1S/C15H17NO5/c1-21-9-3-4-10(13(17)7-9)14(18)16-8-2-5-12(16)11(6-8)15(19)20/h3-4,7-8,11-12,17H,2,5-6H2,1H3,(H,19,20). The van der Waals surface area contributed by atoms with Gasteiger partial charge in [0.25, 0.3) is 5.91 Å². The molecule has 0 aromatic heterocycles. The maximum absolute atomic E-state index is 12.6. The molecule has 6 nitrogen and oxygen atoms in total. The fourth-order valence-electron chi connectivity index (χ4n) is 3.53. The van der Waals surface area contributed by atoms with Crippen LogP contribution in [0.25, 0.3) is 0 Å². The van der Waals surface area contributed by atoms with Gasteiger partial charge in [0.15, 0.2) is 0 Å². The van der Waals surface area contributed by atoms with Crippen LogP contribution in [0.2, 0.25) is 0 Å². The molecule has 3 unspecified atom stereocenters. The van der Waals surface area contributed by atoms with Gasteiger partial charge in [-0.15, -0.1) is 0 Å². The minimum atomic E-state index is -0.848. The van der Waals surface area contributed by atoms with Gasteiger partial charge in [-0.3, -0.25) is 9.59 Å². The van der Waals surface area contributed by atoms with Crippen molar-refractivity contribution in [2.24, 2.45) is 5.92 Å². The van der Waals surface area contributed by atoms with Crippen LogP contribution in [0.15, 0.2) is 18.2 Å². The van der Waals surface area contributed by atoms with Crippen molar-refractivity contribution < 1.29 is 24.5 Å². The number of benzene rings is 1. The lowest BCUT2D eigenvalue weighted by atomic mass is 9.89. The molecule has 1 aromatic rings. The van der Waals surface area contributed by atoms with Crippen LogP contribution in [-0.2, 0) is 4.79 Å². The van der Waals surface area contributed by atoms with Crippen molar-refractivity contribution >= 4 is 11.9 Å². The second-order valence-corrected chi connectivity index (χ2v) is 5.57. The van der Waals surface area contributed by atoms with Gasteiger partial charge in [0.2, 0.25) is 0 Å². The van der Waals surface area contributed by atoms with Crippen LogP contribution in [0.5, 0.6) is 11.5 Å². The smallest absolute Gasteiger partial charge is 0.308 e. The number of phenolic OH excluding ortho intramolecular Hbond substituents is 1. The summed E-state index contributed by atoms with van der Waals surface area (Å²) in [5.41, 5.74) is 0.193. The van der Waals surface area contributed by atoms with Crippen LogP contribution >= 0.6 is 0 Å². The first kappa shape index (κ1) is 13.7. The lowest BCUT2D eigenvalue weighted by Crippen LogP contribution is -2.37. The summed E-state index contributed by atoms with van der Waals surface area (Å²) in [5, 5.41) is 19.2. The largest absolute Gasteiger partial charge is 0.507 e. The van der Waals surface area contributed by atoms with Gasteiger partial charge in [0, 0.05) is 18.2 Å². The molecule has 1 aromatic carbocycles. The first-order valence-electron chi connectivity index (χ1n) is 6.95. The molecule has 0 saturated carbocycles. The quantitative estimate of drug-likeness (QED) is 0.880. The number of carboxylic acid groups (broad SMARTS) is 1. The molecule has 2 saturated heterocycles. The van der Waals surface area contributed by atoms with Crippen LogP contribution in [-0.4, -0.2) is 46.2 Å². The number of carbonyl (C=O) groups is 2. The molecule has 6 heteroatoms. The Kier molecular flexibility index (Phi) is 3.23. The number of aliphatic carboxylic acids is 1. The van der Waals surface area contributed by atoms with Gasteiger partial charge < -0.3 is 19.8 Å². The van der Waals surface area contributed by atoms with E-state index in [1.807, 2.05) is 0 Å². The Morgan fingerprint density at radius 1 is 1.33 bits per heavy atom. The monoisotopic (exact) mass is 291 g/mol. The molecule has 0 radical (unpaired) electrons. The number of amides is 1. The zero-order valence-corrected chi connectivity index (χ0v) is 11.7. The zero-order chi connectivity index (χ0) is 15.1. The molecule has 2 heterocycles. The maximum Gasteiger partial charge on any atom is 0.308 e. The van der Waals surface area contributed by atoms with Crippen molar-refractivity contribution in [2.75, 3.05) is 7.11 Å². The fraction of sp³-hybridized carbons (Fsp3) is 0.467. The Morgan fingerprint density at radius 2 is 2.10 bits per heavy atom. The first-order valence-corrected chi connectivity index (χ1v) is 6.95. The van der Waals surface area contributed by atoms with Crippen molar-refractivity contribution in [3.8, 4) is 11.5 Å². The van der Waals surface area contributed by atoms with Gasteiger partial charge in [-0.25, -0.2) is 0 Å². The van der Waals surface area contributed by atoms with E-state index in [2.05, 4.69) is 0 Å². The van der Waals surface area contributed by atoms with Crippen LogP contribution in [0.3, 0.4) is 0 Å². The average molecular weight is 291 g/mol. The number of aromatic hydroxyl groups is 1. The minimum Gasteiger partial charge on any atom is -0.507 e. The van der Waals surface area contributed by atoms with Crippen molar-refractivity contribution in [3.05, 3.63) is 23.8 Å². The number of fused-ring (bicyclic) bond motifs is 2. The van der Waals surface area contributed by atoms with Crippen LogP contribution < -0.4 is 4.74 Å². The van der Waals surface area contributed by atoms with Crippen LogP contribution in [0.1, 0.15) is 29.6 Å². The number of carboxylic acids is 1. The van der Waals surface area contributed by atoms with E-state index < -0.39 is 11.9 Å². The Bertz CT molecular complexity index is 600. The van der Waals surface area contributed by atoms with E-state index in [-0.39, 0.29) is 29.3 Å². The number of rotatable bonds is 3. The van der Waals surface area contributed by atoms with Crippen LogP contribution in [0, 0.1) is 5.92 Å². The van der Waals surface area contributed by atoms with E-state index in [1.165, 1.54) is 19.2 Å². The Morgan fingerprint density at radius 3 is 2.67 bits per heavy atom. The number of phenols is 1. The number of hydrogen-bond donors (Lipinski definition) is 2. The van der Waals surface area contributed by atoms with E-state index in [4.69, 9.17) is 4.74 Å². The molecule has 0 aliphatic carbocycles. The summed E-state index contributed by atoms with van der Waals surface area (Å²) in [5.74, 6) is -1.31. The lowest BCUT2D eigenvalue weighted by molar-refractivity contribution is -0.142. The highest BCUT2D eigenvalue weighted by Gasteiger charge is 2.51. The molecule has 1 amide bonds. The molecule has 112 valence electrons. The summed E-state index contributed by atoms with van der Waals surface area (Å²) in [6.45, 7) is 0. The van der Waals surface area contributed by atoms with E-state index >= 15 is 0 Å². The van der Waals surface area contributed by atoms with Gasteiger partial charge in [-0.2, -0.15) is 0 Å². The summed E-state index contributed by atoms with van der Waals surface area (Å²) in [4.78, 5) is 25.5. The molecular formula is C15H17NO5. The molecule has 0 spiro atoms.